The number of amidine groups is 1. The van der Waals surface area contributed by atoms with E-state index in [0.717, 1.165) is 48.3 Å². The average molecular weight is 253 g/mol. The Morgan fingerprint density at radius 2 is 2.06 bits per heavy atom. The van der Waals surface area contributed by atoms with Gasteiger partial charge in [-0.05, 0) is 14.0 Å². The second-order valence-corrected chi connectivity index (χ2v) is 5.60. The number of rotatable bonds is 3. The third kappa shape index (κ3) is 3.02. The molecule has 6 heteroatoms. The molecule has 0 saturated carbocycles. The van der Waals surface area contributed by atoms with Gasteiger partial charge in [0.1, 0.15) is 10.8 Å². The second kappa shape index (κ2) is 5.12. The van der Waals surface area contributed by atoms with Gasteiger partial charge in [-0.1, -0.05) is 0 Å². The molecule has 1 aromatic heterocycles. The van der Waals surface area contributed by atoms with Gasteiger partial charge in [-0.3, -0.25) is 10.3 Å². The Balaban J connectivity index is 1.99. The van der Waals surface area contributed by atoms with Crippen LogP contribution in [-0.4, -0.2) is 53.8 Å². The maximum atomic E-state index is 7.46. The van der Waals surface area contributed by atoms with E-state index in [1.54, 1.807) is 11.3 Å². The number of nitrogen functional groups attached to an aromatic ring is 1. The van der Waals surface area contributed by atoms with E-state index in [-0.39, 0.29) is 5.84 Å². The van der Waals surface area contributed by atoms with E-state index >= 15 is 0 Å². The van der Waals surface area contributed by atoms with Gasteiger partial charge in [0, 0.05) is 26.2 Å². The first-order chi connectivity index (χ1) is 8.06. The van der Waals surface area contributed by atoms with E-state index in [2.05, 4.69) is 21.8 Å². The first-order valence-corrected chi connectivity index (χ1v) is 6.59. The molecule has 17 heavy (non-hydrogen) atoms. The van der Waals surface area contributed by atoms with Crippen LogP contribution in [0, 0.1) is 12.3 Å². The van der Waals surface area contributed by atoms with Crippen LogP contribution in [0.2, 0.25) is 0 Å². The van der Waals surface area contributed by atoms with Crippen molar-refractivity contribution in [3.8, 4) is 0 Å². The van der Waals surface area contributed by atoms with Gasteiger partial charge >= 0.3 is 0 Å². The fourth-order valence-electron chi connectivity index (χ4n) is 1.97. The van der Waals surface area contributed by atoms with Crippen LogP contribution < -0.4 is 5.73 Å². The van der Waals surface area contributed by atoms with Crippen LogP contribution in [0.25, 0.3) is 0 Å². The predicted molar refractivity (Wildman–Crippen MR) is 70.6 cm³/mol. The van der Waals surface area contributed by atoms with E-state index in [4.69, 9.17) is 11.1 Å². The minimum Gasteiger partial charge on any atom is -0.383 e. The topological polar surface area (TPSA) is 69.2 Å². The number of hydrogen-bond acceptors (Lipinski definition) is 5. The number of likely N-dealkylation sites (N-methyl/N-ethyl adjacent to an activating group) is 1. The third-order valence-electron chi connectivity index (χ3n) is 3.04. The van der Waals surface area contributed by atoms with Crippen LogP contribution >= 0.6 is 11.3 Å². The molecule has 1 aliphatic heterocycles. The van der Waals surface area contributed by atoms with E-state index in [1.807, 2.05) is 6.92 Å². The summed E-state index contributed by atoms with van der Waals surface area (Å²) in [5.74, 6) is 0.129. The van der Waals surface area contributed by atoms with E-state index in [1.165, 1.54) is 0 Å². The number of piperazine rings is 1. The number of thiazole rings is 1. The van der Waals surface area contributed by atoms with Crippen LogP contribution in [-0.2, 0) is 6.54 Å². The first-order valence-electron chi connectivity index (χ1n) is 5.78. The van der Waals surface area contributed by atoms with Crippen molar-refractivity contribution in [1.29, 1.82) is 5.41 Å². The molecule has 5 nitrogen and oxygen atoms in total. The minimum absolute atomic E-state index is 0.129. The summed E-state index contributed by atoms with van der Waals surface area (Å²) < 4.78 is 0. The maximum absolute atomic E-state index is 7.46. The molecule has 1 saturated heterocycles. The zero-order valence-electron chi connectivity index (χ0n) is 10.4. The summed E-state index contributed by atoms with van der Waals surface area (Å²) >= 11 is 1.55. The number of aryl methyl sites for hydroxylation is 1. The number of nitrogens with one attached hydrogen (secondary N) is 1. The molecule has 2 rings (SSSR count). The minimum atomic E-state index is 0.129. The van der Waals surface area contributed by atoms with Crippen LogP contribution in [0.4, 0.5) is 0 Å². The molecule has 0 atom stereocenters. The first kappa shape index (κ1) is 12.5. The van der Waals surface area contributed by atoms with Crippen molar-refractivity contribution in [3.05, 3.63) is 15.6 Å². The summed E-state index contributed by atoms with van der Waals surface area (Å²) in [6.45, 7) is 7.20. The van der Waals surface area contributed by atoms with Crippen molar-refractivity contribution in [3.63, 3.8) is 0 Å². The molecule has 0 bridgehead atoms. The highest BCUT2D eigenvalue weighted by molar-refractivity contribution is 7.13. The molecule has 0 aliphatic carbocycles. The number of nitrogens with two attached hydrogens (primary N) is 1. The van der Waals surface area contributed by atoms with Gasteiger partial charge in [0.05, 0.1) is 17.1 Å². The molecule has 2 heterocycles. The summed E-state index contributed by atoms with van der Waals surface area (Å²) in [6, 6.07) is 0. The van der Waals surface area contributed by atoms with Crippen molar-refractivity contribution in [1.82, 2.24) is 14.8 Å². The molecular weight excluding hydrogens is 234 g/mol. The number of hydrogen-bond donors (Lipinski definition) is 2. The van der Waals surface area contributed by atoms with Crippen molar-refractivity contribution in [2.24, 2.45) is 5.73 Å². The highest BCUT2D eigenvalue weighted by Crippen LogP contribution is 2.19. The van der Waals surface area contributed by atoms with Gasteiger partial charge in [0.2, 0.25) is 0 Å². The zero-order chi connectivity index (χ0) is 12.4. The molecular formula is C11H19N5S. The van der Waals surface area contributed by atoms with Crippen molar-refractivity contribution < 1.29 is 0 Å². The van der Waals surface area contributed by atoms with E-state index in [0.29, 0.717) is 0 Å². The molecule has 0 radical (unpaired) electrons. The highest BCUT2D eigenvalue weighted by Gasteiger charge is 2.17. The molecule has 0 spiro atoms. The number of aromatic nitrogens is 1. The second-order valence-electron chi connectivity index (χ2n) is 4.52. The quantitative estimate of drug-likeness (QED) is 0.607. The van der Waals surface area contributed by atoms with Gasteiger partial charge in [0.15, 0.2) is 0 Å². The normalized spacial score (nSPS) is 18.5. The standard InChI is InChI=1S/C11H19N5S/c1-8-10(11(12)13)17-9(14-8)7-16-5-3-15(2)4-6-16/h3-7H2,1-2H3,(H3,12,13). The Hall–Kier alpha value is -0.980. The Morgan fingerprint density at radius 3 is 2.59 bits per heavy atom. The van der Waals surface area contributed by atoms with Crippen molar-refractivity contribution in [2.45, 2.75) is 13.5 Å². The lowest BCUT2D eigenvalue weighted by molar-refractivity contribution is 0.148. The van der Waals surface area contributed by atoms with Crippen molar-refractivity contribution >= 4 is 17.2 Å². The summed E-state index contributed by atoms with van der Waals surface area (Å²) in [4.78, 5) is 10.0. The van der Waals surface area contributed by atoms with Gasteiger partial charge in [-0.15, -0.1) is 11.3 Å². The lowest BCUT2D eigenvalue weighted by Gasteiger charge is -2.31. The van der Waals surface area contributed by atoms with Gasteiger partial charge < -0.3 is 10.6 Å². The van der Waals surface area contributed by atoms with Crippen LogP contribution in [0.15, 0.2) is 0 Å². The SMILES string of the molecule is Cc1nc(CN2CCN(C)CC2)sc1C(=N)N. The molecule has 1 aromatic rings. The van der Waals surface area contributed by atoms with Gasteiger partial charge in [0.25, 0.3) is 0 Å². The molecule has 0 aromatic carbocycles. The lowest BCUT2D eigenvalue weighted by Crippen LogP contribution is -2.43. The monoisotopic (exact) mass is 253 g/mol. The molecule has 1 aliphatic rings. The van der Waals surface area contributed by atoms with E-state index in [9.17, 15) is 0 Å². The highest BCUT2D eigenvalue weighted by atomic mass is 32.1. The lowest BCUT2D eigenvalue weighted by atomic mass is 10.3. The van der Waals surface area contributed by atoms with E-state index < -0.39 is 0 Å². The molecule has 0 amide bonds. The molecule has 1 fully saturated rings. The van der Waals surface area contributed by atoms with Crippen molar-refractivity contribution in [2.75, 3.05) is 33.2 Å². The van der Waals surface area contributed by atoms with Gasteiger partial charge in [-0.2, -0.15) is 0 Å². The molecule has 94 valence electrons. The maximum Gasteiger partial charge on any atom is 0.135 e. The summed E-state index contributed by atoms with van der Waals surface area (Å²) in [6.07, 6.45) is 0. The third-order valence-corrected chi connectivity index (χ3v) is 4.22. The largest absolute Gasteiger partial charge is 0.383 e. The molecule has 0 unspecified atom stereocenters. The fraction of sp³-hybridized carbons (Fsp3) is 0.636. The zero-order valence-corrected chi connectivity index (χ0v) is 11.2. The van der Waals surface area contributed by atoms with Crippen LogP contribution in [0.3, 0.4) is 0 Å². The summed E-state index contributed by atoms with van der Waals surface area (Å²) in [7, 11) is 2.15. The van der Waals surface area contributed by atoms with Gasteiger partial charge in [-0.25, -0.2) is 4.98 Å². The Kier molecular flexibility index (Phi) is 3.76. The van der Waals surface area contributed by atoms with Crippen LogP contribution in [0.1, 0.15) is 15.6 Å². The summed E-state index contributed by atoms with van der Waals surface area (Å²) in [5.41, 5.74) is 6.39. The summed E-state index contributed by atoms with van der Waals surface area (Å²) in [5, 5.41) is 8.53. The average Bonchev–Trinajstić information content (AvgIpc) is 2.63. The Labute approximate surface area is 106 Å². The smallest absolute Gasteiger partial charge is 0.135 e. The fourth-order valence-corrected chi connectivity index (χ4v) is 2.94. The van der Waals surface area contributed by atoms with Crippen LogP contribution in [0.5, 0.6) is 0 Å². The predicted octanol–water partition coefficient (Wildman–Crippen LogP) is 0.483. The molecule has 3 N–H and O–H groups in total. The number of nitrogens with zero attached hydrogens (tertiary/aromatic N) is 3. The Bertz CT molecular complexity index is 406. The Morgan fingerprint density at radius 1 is 1.41 bits per heavy atom.